The minimum Gasteiger partial charge on any atom is -0.479 e. The van der Waals surface area contributed by atoms with Crippen molar-refractivity contribution in [3.8, 4) is 0 Å². The Morgan fingerprint density at radius 1 is 0.336 bits per heavy atom. The normalized spacial score (nSPS) is 48.6. The van der Waals surface area contributed by atoms with Crippen LogP contribution in [0.2, 0.25) is 0 Å². The van der Waals surface area contributed by atoms with Gasteiger partial charge >= 0.3 is 41.4 Å². The van der Waals surface area contributed by atoms with Gasteiger partial charge in [-0.15, -0.1) is 0 Å². The molecule has 57 atom stereocenters. The Labute approximate surface area is 802 Å². The third kappa shape index (κ3) is 27.4. The molecule has 0 bridgehead atoms. The Balaban J connectivity index is 1.02. The molecule has 11 saturated heterocycles. The zero-order valence-corrected chi connectivity index (χ0v) is 76.8. The van der Waals surface area contributed by atoms with E-state index in [1.54, 1.807) is 0 Å². The van der Waals surface area contributed by atoms with Crippen LogP contribution in [0.15, 0.2) is 0 Å². The number of ether oxygens (including phenoxy) is 21. The van der Waals surface area contributed by atoms with Gasteiger partial charge in [-0.05, 0) is 6.92 Å². The molecule has 0 aliphatic carbocycles. The van der Waals surface area contributed by atoms with Gasteiger partial charge in [-0.2, -0.15) is 0 Å². The molecule has 11 aliphatic heterocycles. The van der Waals surface area contributed by atoms with Crippen molar-refractivity contribution in [3.05, 3.63) is 0 Å². The average molecular weight is 2160 g/mol. The number of aliphatic carboxylic acids is 3. The summed E-state index contributed by atoms with van der Waals surface area (Å²) in [6.07, 6.45) is -124. The van der Waals surface area contributed by atoms with E-state index in [0.29, 0.717) is 0 Å². The lowest BCUT2D eigenvalue weighted by Crippen LogP contribution is -2.71. The van der Waals surface area contributed by atoms with Crippen molar-refractivity contribution < 1.29 is 308 Å². The summed E-state index contributed by atoms with van der Waals surface area (Å²) in [7, 11) is -18.6. The van der Waals surface area contributed by atoms with Crippen LogP contribution >= 0.6 is 23.5 Å². The molecule has 11 aliphatic rings. The van der Waals surface area contributed by atoms with Crippen LogP contribution in [0.1, 0.15) is 13.3 Å². The van der Waals surface area contributed by atoms with Crippen molar-refractivity contribution in [3.63, 3.8) is 0 Å². The molecule has 11 fully saturated rings. The molecule has 0 saturated carbocycles. The van der Waals surface area contributed by atoms with Crippen LogP contribution in [-0.2, 0) is 141 Å². The van der Waals surface area contributed by atoms with Gasteiger partial charge in [0.15, 0.2) is 75.1 Å². The van der Waals surface area contributed by atoms with Crippen LogP contribution in [0.5, 0.6) is 0 Å². The van der Waals surface area contributed by atoms with E-state index >= 15 is 0 Å². The molecule has 832 valence electrons. The summed E-state index contributed by atoms with van der Waals surface area (Å²) >= 11 is 0. The molecule has 0 radical (unpaired) electrons. The fraction of sp³-hybridized carbons (Fsp3) is 0.957. The minimum absolute atomic E-state index is 0.856. The van der Waals surface area contributed by atoms with Gasteiger partial charge in [-0.3, -0.25) is 13.6 Å². The first-order valence-electron chi connectivity index (χ1n) is 43.5. The second-order valence-electron chi connectivity index (χ2n) is 35.3. The molecule has 0 aromatic carbocycles. The van der Waals surface area contributed by atoms with E-state index in [-0.39, 0.29) is 0 Å². The Hall–Kier alpha value is -3.34. The van der Waals surface area contributed by atoms with Crippen molar-refractivity contribution in [2.24, 2.45) is 40.1 Å². The third-order valence-electron chi connectivity index (χ3n) is 25.4. The van der Waals surface area contributed by atoms with Gasteiger partial charge in [-0.1, -0.05) is 0 Å². The number of carbonyl (C=O) groups is 3. The Morgan fingerprint density at radius 3 is 1.29 bits per heavy atom. The van der Waals surface area contributed by atoms with E-state index in [1.807, 2.05) is 0 Å². The van der Waals surface area contributed by atoms with E-state index in [4.69, 9.17) is 153 Å². The lowest BCUT2D eigenvalue weighted by atomic mass is 9.91. The lowest BCUT2D eigenvalue weighted by Gasteiger charge is -2.53. The summed E-state index contributed by atoms with van der Waals surface area (Å²) < 4.78 is 176. The highest BCUT2D eigenvalue weighted by Crippen LogP contribution is 2.50. The van der Waals surface area contributed by atoms with Gasteiger partial charge in [-0.25, -0.2) is 28.1 Å². The van der Waals surface area contributed by atoms with Gasteiger partial charge in [0.25, 0.3) is 5.79 Å². The highest BCUT2D eigenvalue weighted by Gasteiger charge is 2.66. The maximum atomic E-state index is 14.0. The molecule has 0 aromatic rings. The molecule has 70 nitrogen and oxygen atoms in total. The fourth-order valence-corrected chi connectivity index (χ4v) is 19.0. The summed E-state index contributed by atoms with van der Waals surface area (Å²) in [5.74, 6) is -10.5. The van der Waals surface area contributed by atoms with Crippen molar-refractivity contribution in [1.82, 2.24) is 0 Å². The smallest absolute Gasteiger partial charge is 0.470 e. The maximum Gasteiger partial charge on any atom is 0.470 e. The number of carboxylic acid groups (broad SMARTS) is 3. The first-order valence-corrected chi connectivity index (χ1v) is 48.1. The van der Waals surface area contributed by atoms with Crippen LogP contribution < -0.4 is 40.1 Å². The number of hydrogen-bond donors (Lipinski definition) is 40. The van der Waals surface area contributed by atoms with Gasteiger partial charge in [0.2, 0.25) is 0 Å². The Morgan fingerprint density at radius 2 is 0.734 bits per heavy atom. The van der Waals surface area contributed by atoms with Crippen LogP contribution in [-0.4, -0.2) is 587 Å². The fourth-order valence-electron chi connectivity index (χ4n) is 17.3. The Bertz CT molecular complexity index is 4220. The van der Waals surface area contributed by atoms with Crippen molar-refractivity contribution in [2.75, 3.05) is 52.9 Å². The monoisotopic (exact) mass is 2160 g/mol. The average Bonchev–Trinajstić information content (AvgIpc) is 0.744. The quantitative estimate of drug-likeness (QED) is 0.0253. The molecular formula is C70H124N7O63P3. The summed E-state index contributed by atoms with van der Waals surface area (Å²) in [5.41, 5.74) is 42.6. The largest absolute Gasteiger partial charge is 0.479 e. The number of nitrogens with two attached hydrogens (primary N) is 7. The standard InChI is InChI=1S/C70H124N7O63P3/c1-11-21(71)31(87)23(73)60(122-11)118-8-18-30(86)34(90)26(76)64(125-18)130-48-19(9-120-63-25(75)35(91)38(94)53(133-63)57(101)102)127-65(42(98)40(48)96)136-56-45(12(81)3-78)128-67(44(100)51(56)132-68-55(135-66-41(97)37(93)39(95)54(134-66)58(103)104)43(99)52(140-143(114,115)116)46(129-68)14(83)6-117-61-24(74)33(89)28(84)16(5-80)124-61)131-50-15(138-141(108,109)110)2-70(69(106)107,137-47(50)13(82)4-79)121-10-20-49(139-142(111,112)113)36(92)27(77)62(126-20)119-7-17-29(85)32(88)22(72)59(105)123-17/h11-56,59-68,78-100,105H,2-10,71-77H2,1H3,(H,101,102)(H,103,104)(H,106,107)(H2,108,109,110)(H2,111,112,113)(H2,114,115,116)/t11-,12+,13-,14+,15-,16-,17-,18-,19-,20-,21+,22-,23-,24-,25-,26-,27-,28-,29-,30-,31+,32-,33-,34-,35-,36-,37+,38-,39+,40-,41-,42-,43+,44+,45-,46-,47-,48-,49-,50-,51-,52+,53+,54+,55+,56-,59+,60-,61+,62-,63+,64-,65+,66+,67-,68-,70-/m1/s1. The van der Waals surface area contributed by atoms with E-state index in [2.05, 4.69) is 0 Å². The molecule has 143 heavy (non-hydrogen) atoms. The maximum absolute atomic E-state index is 14.0. The number of carboxylic acids is 3. The predicted octanol–water partition coefficient (Wildman–Crippen LogP) is -25.1. The highest BCUT2D eigenvalue weighted by atomic mass is 31.2. The third-order valence-corrected chi connectivity index (χ3v) is 27.0. The van der Waals surface area contributed by atoms with Gasteiger partial charge in [0.1, 0.15) is 214 Å². The van der Waals surface area contributed by atoms with Crippen molar-refractivity contribution in [1.29, 1.82) is 0 Å². The molecule has 0 unspecified atom stereocenters. The minimum atomic E-state index is -6.40. The molecule has 11 rings (SSSR count). The molecular weight excluding hydrogens is 2040 g/mol. The number of aliphatic hydroxyl groups excluding tert-OH is 24. The molecule has 0 aromatic heterocycles. The lowest BCUT2D eigenvalue weighted by molar-refractivity contribution is -0.416. The van der Waals surface area contributed by atoms with E-state index in [0.717, 1.165) is 0 Å². The zero-order valence-electron chi connectivity index (χ0n) is 74.1. The van der Waals surface area contributed by atoms with Crippen molar-refractivity contribution >= 4 is 41.4 Å². The van der Waals surface area contributed by atoms with Gasteiger partial charge in [0.05, 0.1) is 107 Å². The first kappa shape index (κ1) is 120. The second kappa shape index (κ2) is 49.4. The molecule has 0 spiro atoms. The molecule has 73 heteroatoms. The number of phosphoric acid groups is 3. The van der Waals surface area contributed by atoms with Crippen LogP contribution in [0.3, 0.4) is 0 Å². The number of phosphoric ester groups is 3. The van der Waals surface area contributed by atoms with E-state index in [9.17, 15) is 195 Å². The van der Waals surface area contributed by atoms with Gasteiger partial charge in [0, 0.05) is 6.42 Å². The topological polar surface area (TPSA) is 1170 Å². The summed E-state index contributed by atoms with van der Waals surface area (Å²) in [6, 6.07) is -12.0. The van der Waals surface area contributed by atoms with Crippen LogP contribution in [0.25, 0.3) is 0 Å². The number of hydrogen-bond acceptors (Lipinski definition) is 61. The van der Waals surface area contributed by atoms with Crippen LogP contribution in [0, 0.1) is 0 Å². The number of rotatable bonds is 40. The summed E-state index contributed by atoms with van der Waals surface area (Å²) in [5, 5.41) is 305. The first-order chi connectivity index (χ1) is 66.6. The predicted molar refractivity (Wildman–Crippen MR) is 432 cm³/mol. The molecule has 47 N–H and O–H groups in total. The second-order valence-corrected chi connectivity index (χ2v) is 38.9. The summed E-state index contributed by atoms with van der Waals surface area (Å²) in [6.45, 7) is -9.48. The van der Waals surface area contributed by atoms with E-state index < -0.39 is 450 Å². The molecule has 11 heterocycles. The highest BCUT2D eigenvalue weighted by molar-refractivity contribution is 7.46. The van der Waals surface area contributed by atoms with Crippen molar-refractivity contribution in [2.45, 2.75) is 362 Å². The number of aliphatic hydroxyl groups is 24. The SMILES string of the molecule is C[C@H]1O[C@@H](OC[C@H]2O[C@H](O[C@H]3[C@H](O)[C@@H](O)[C@H](O[C@H]4[C@H](O[C@H]5O[C@H]([C@@H](O)CO[C@H]6O[C@H](CO)[C@@H](O)[C@H](O)[C@H]6N)[C@@H](OP(=O)(O)O)[C@H](O)[C@@H]5O[C@@H]5O[C@H](C(=O)O)[C@@H](O)[C@H](O)[C@H]5O)[C@H](O)[C@@H](O[C@H]5[C@@H]([C@H](O)CO)O[C@@](OC[C@H]6O[C@@H](OC[C@H]7O[C@H](O)[C@H](N)[C@@H](O)[C@@H]7O)[C@H](N)[C@@H](O)[C@@H]6OP(=O)(O)O)(C(=O)O)C[C@H]5OP(=O)(O)O)O[C@@H]4[C@@H](O)CO)O[C@@H]3CO[C@H]3O[C@H](C(=O)O)[C@H](O)[C@H](O)[C@H]3N)[C@H](N)[C@@H](O)[C@@H]2O)[C@H](N)[C@@H](O)[C@H]1N. The summed E-state index contributed by atoms with van der Waals surface area (Å²) in [4.78, 5) is 102. The van der Waals surface area contributed by atoms with Crippen LogP contribution in [0.4, 0.5) is 0 Å². The Kier molecular flexibility index (Phi) is 41.4. The van der Waals surface area contributed by atoms with Gasteiger partial charge < -0.3 is 307 Å². The zero-order chi connectivity index (χ0) is 106. The molecule has 0 amide bonds. The van der Waals surface area contributed by atoms with E-state index in [1.165, 1.54) is 6.92 Å².